The molecular weight excluding hydrogens is 358 g/mol. The van der Waals surface area contributed by atoms with Gasteiger partial charge in [-0.05, 0) is 35.4 Å². The van der Waals surface area contributed by atoms with Gasteiger partial charge >= 0.3 is 0 Å². The highest BCUT2D eigenvalue weighted by Gasteiger charge is 2.08. The van der Waals surface area contributed by atoms with Crippen molar-refractivity contribution in [2.75, 3.05) is 26.5 Å². The van der Waals surface area contributed by atoms with E-state index < -0.39 is 0 Å². The molecule has 0 aliphatic rings. The molecule has 2 aromatic carbocycles. The number of halogens is 1. The number of carbonyl (C=O) groups is 1. The molecule has 0 aromatic heterocycles. The molecule has 0 atom stereocenters. The van der Waals surface area contributed by atoms with Crippen molar-refractivity contribution >= 4 is 29.3 Å². The quantitative estimate of drug-likeness (QED) is 0.670. The number of thioether (sulfide) groups is 1. The van der Waals surface area contributed by atoms with Crippen molar-refractivity contribution < 1.29 is 14.3 Å². The normalized spacial score (nSPS) is 10.4. The summed E-state index contributed by atoms with van der Waals surface area (Å²) < 4.78 is 10.4. The summed E-state index contributed by atoms with van der Waals surface area (Å²) in [7, 11) is 3.17. The van der Waals surface area contributed by atoms with Crippen LogP contribution in [-0.2, 0) is 17.0 Å². The molecule has 0 aliphatic heterocycles. The summed E-state index contributed by atoms with van der Waals surface area (Å²) in [6, 6.07) is 13.3. The van der Waals surface area contributed by atoms with Gasteiger partial charge in [0.05, 0.1) is 20.6 Å². The van der Waals surface area contributed by atoms with Crippen LogP contribution in [0.2, 0.25) is 5.02 Å². The van der Waals surface area contributed by atoms with Crippen LogP contribution in [0.3, 0.4) is 0 Å². The van der Waals surface area contributed by atoms with E-state index in [2.05, 4.69) is 11.4 Å². The van der Waals surface area contributed by atoms with Crippen molar-refractivity contribution in [3.63, 3.8) is 0 Å². The largest absolute Gasteiger partial charge is 0.493 e. The number of hydrogen-bond acceptors (Lipinski definition) is 4. The van der Waals surface area contributed by atoms with E-state index in [1.807, 2.05) is 36.4 Å². The second-order valence-electron chi connectivity index (χ2n) is 5.40. The first-order valence-corrected chi connectivity index (χ1v) is 9.45. The fourth-order valence-electron chi connectivity index (χ4n) is 2.32. The standard InChI is InChI=1S/C19H22ClNO3S/c1-23-17-7-6-14(11-18(17)24-2)12-19(22)21-8-9-25-13-15-4-3-5-16(20)10-15/h3-7,10-11H,8-9,12-13H2,1-2H3,(H,21,22). The van der Waals surface area contributed by atoms with Crippen molar-refractivity contribution in [2.24, 2.45) is 0 Å². The summed E-state index contributed by atoms with van der Waals surface area (Å²) in [5.41, 5.74) is 2.08. The predicted molar refractivity (Wildman–Crippen MR) is 104 cm³/mol. The highest BCUT2D eigenvalue weighted by molar-refractivity contribution is 7.98. The molecule has 1 amide bonds. The van der Waals surface area contributed by atoms with E-state index in [1.165, 1.54) is 5.56 Å². The van der Waals surface area contributed by atoms with Gasteiger partial charge < -0.3 is 14.8 Å². The number of carbonyl (C=O) groups excluding carboxylic acids is 1. The van der Waals surface area contributed by atoms with Crippen molar-refractivity contribution in [1.82, 2.24) is 5.32 Å². The Morgan fingerprint density at radius 1 is 1.08 bits per heavy atom. The monoisotopic (exact) mass is 379 g/mol. The summed E-state index contributed by atoms with van der Waals surface area (Å²) in [4.78, 5) is 12.0. The molecule has 0 unspecified atom stereocenters. The Labute approximate surface area is 157 Å². The summed E-state index contributed by atoms with van der Waals surface area (Å²) in [6.45, 7) is 0.636. The molecule has 0 aliphatic carbocycles. The Bertz CT molecular complexity index is 709. The van der Waals surface area contributed by atoms with Gasteiger partial charge in [0.15, 0.2) is 11.5 Å². The maximum Gasteiger partial charge on any atom is 0.224 e. The van der Waals surface area contributed by atoms with Crippen LogP contribution in [0.1, 0.15) is 11.1 Å². The lowest BCUT2D eigenvalue weighted by atomic mass is 10.1. The zero-order valence-corrected chi connectivity index (χ0v) is 16.0. The third-order valence-corrected chi connectivity index (χ3v) is 4.80. The first-order chi connectivity index (χ1) is 12.1. The first kappa shape index (κ1) is 19.5. The second-order valence-corrected chi connectivity index (χ2v) is 6.94. The maximum atomic E-state index is 12.0. The van der Waals surface area contributed by atoms with Crippen molar-refractivity contribution in [3.05, 3.63) is 58.6 Å². The minimum atomic E-state index is -0.00410. The van der Waals surface area contributed by atoms with Crippen LogP contribution in [0.15, 0.2) is 42.5 Å². The van der Waals surface area contributed by atoms with Crippen molar-refractivity contribution in [1.29, 1.82) is 0 Å². The number of rotatable bonds is 9. The fraction of sp³-hybridized carbons (Fsp3) is 0.316. The molecule has 2 rings (SSSR count). The topological polar surface area (TPSA) is 47.6 Å². The summed E-state index contributed by atoms with van der Waals surface area (Å²) in [5, 5.41) is 3.69. The SMILES string of the molecule is COc1ccc(CC(=O)NCCSCc2cccc(Cl)c2)cc1OC. The molecule has 0 radical (unpaired) electrons. The van der Waals surface area contributed by atoms with E-state index in [1.54, 1.807) is 26.0 Å². The third-order valence-electron chi connectivity index (χ3n) is 3.54. The Morgan fingerprint density at radius 3 is 2.60 bits per heavy atom. The number of methoxy groups -OCH3 is 2. The molecular formula is C19H22ClNO3S. The molecule has 0 fully saturated rings. The van der Waals surface area contributed by atoms with Crippen LogP contribution in [0, 0.1) is 0 Å². The van der Waals surface area contributed by atoms with Gasteiger partial charge in [-0.15, -0.1) is 0 Å². The maximum absolute atomic E-state index is 12.0. The molecule has 6 heteroatoms. The highest BCUT2D eigenvalue weighted by atomic mass is 35.5. The number of nitrogens with one attached hydrogen (secondary N) is 1. The van der Waals surface area contributed by atoms with Gasteiger partial charge in [0.2, 0.25) is 5.91 Å². The molecule has 1 N–H and O–H groups in total. The van der Waals surface area contributed by atoms with Crippen LogP contribution in [0.25, 0.3) is 0 Å². The van der Waals surface area contributed by atoms with Crippen LogP contribution < -0.4 is 14.8 Å². The molecule has 0 spiro atoms. The molecule has 0 saturated carbocycles. The summed E-state index contributed by atoms with van der Waals surface area (Å²) in [5.74, 6) is 3.01. The Balaban J connectivity index is 1.70. The van der Waals surface area contributed by atoms with E-state index in [-0.39, 0.29) is 5.91 Å². The van der Waals surface area contributed by atoms with Gasteiger partial charge in [0.25, 0.3) is 0 Å². The lowest BCUT2D eigenvalue weighted by Gasteiger charge is -2.10. The lowest BCUT2D eigenvalue weighted by molar-refractivity contribution is -0.120. The zero-order chi connectivity index (χ0) is 18.1. The molecule has 0 heterocycles. The summed E-state index contributed by atoms with van der Waals surface area (Å²) >= 11 is 7.73. The number of benzene rings is 2. The van der Waals surface area contributed by atoms with Gasteiger partial charge in [-0.1, -0.05) is 29.8 Å². The van der Waals surface area contributed by atoms with Crippen molar-refractivity contribution in [3.8, 4) is 11.5 Å². The van der Waals surface area contributed by atoms with Gasteiger partial charge in [-0.2, -0.15) is 11.8 Å². The highest BCUT2D eigenvalue weighted by Crippen LogP contribution is 2.27. The van der Waals surface area contributed by atoms with Gasteiger partial charge in [-0.25, -0.2) is 0 Å². The van der Waals surface area contributed by atoms with Crippen LogP contribution in [0.4, 0.5) is 0 Å². The molecule has 0 bridgehead atoms. The Hall–Kier alpha value is -1.85. The average molecular weight is 380 g/mol. The Kier molecular flexibility index (Phi) is 7.95. The van der Waals surface area contributed by atoms with E-state index in [0.717, 1.165) is 22.1 Å². The minimum Gasteiger partial charge on any atom is -0.493 e. The van der Waals surface area contributed by atoms with Crippen LogP contribution >= 0.6 is 23.4 Å². The van der Waals surface area contributed by atoms with Crippen LogP contribution in [-0.4, -0.2) is 32.4 Å². The molecule has 0 saturated heterocycles. The molecule has 2 aromatic rings. The fourth-order valence-corrected chi connectivity index (χ4v) is 3.34. The van der Waals surface area contributed by atoms with Gasteiger partial charge in [0.1, 0.15) is 0 Å². The first-order valence-electron chi connectivity index (χ1n) is 7.92. The number of amides is 1. The molecule has 4 nitrogen and oxygen atoms in total. The van der Waals surface area contributed by atoms with Crippen molar-refractivity contribution in [2.45, 2.75) is 12.2 Å². The predicted octanol–water partition coefficient (Wildman–Crippen LogP) is 3.95. The zero-order valence-electron chi connectivity index (χ0n) is 14.4. The average Bonchev–Trinajstić information content (AvgIpc) is 2.61. The molecule has 134 valence electrons. The van der Waals surface area contributed by atoms with Gasteiger partial charge in [0, 0.05) is 23.1 Å². The number of hydrogen-bond donors (Lipinski definition) is 1. The third kappa shape index (κ3) is 6.52. The minimum absolute atomic E-state index is 0.00410. The van der Waals surface area contributed by atoms with Crippen LogP contribution in [0.5, 0.6) is 11.5 Å². The van der Waals surface area contributed by atoms with E-state index in [4.69, 9.17) is 21.1 Å². The number of ether oxygens (including phenoxy) is 2. The summed E-state index contributed by atoms with van der Waals surface area (Å²) in [6.07, 6.45) is 0.319. The lowest BCUT2D eigenvalue weighted by Crippen LogP contribution is -2.27. The second kappa shape index (κ2) is 10.2. The van der Waals surface area contributed by atoms with E-state index >= 15 is 0 Å². The smallest absolute Gasteiger partial charge is 0.224 e. The van der Waals surface area contributed by atoms with E-state index in [0.29, 0.717) is 24.5 Å². The van der Waals surface area contributed by atoms with E-state index in [9.17, 15) is 4.79 Å². The van der Waals surface area contributed by atoms with Gasteiger partial charge in [-0.3, -0.25) is 4.79 Å². The Morgan fingerprint density at radius 2 is 1.88 bits per heavy atom. The molecule has 25 heavy (non-hydrogen) atoms.